The van der Waals surface area contributed by atoms with Crippen molar-refractivity contribution in [2.45, 2.75) is 19.8 Å². The Balaban J connectivity index is 2.33. The standard InChI is InChI=1S/C10H17N3O2/c1-2-9(3-6-14)7-12-10(15)13-5-4-11-8-13/h4-5,8-9,14H,2-3,6-7H2,1H3,(H,12,15). The van der Waals surface area contributed by atoms with Crippen LogP contribution in [-0.4, -0.2) is 33.8 Å². The van der Waals surface area contributed by atoms with E-state index in [9.17, 15) is 4.79 Å². The number of carbonyl (C=O) groups is 1. The summed E-state index contributed by atoms with van der Waals surface area (Å²) < 4.78 is 1.39. The molecule has 0 aliphatic heterocycles. The largest absolute Gasteiger partial charge is 0.396 e. The van der Waals surface area contributed by atoms with E-state index in [1.54, 1.807) is 12.4 Å². The molecule has 0 aliphatic rings. The number of carbonyl (C=O) groups excluding carboxylic acids is 1. The zero-order valence-electron chi connectivity index (χ0n) is 8.89. The monoisotopic (exact) mass is 211 g/mol. The van der Waals surface area contributed by atoms with Gasteiger partial charge in [0.1, 0.15) is 6.33 Å². The smallest absolute Gasteiger partial charge is 0.326 e. The quantitative estimate of drug-likeness (QED) is 0.758. The summed E-state index contributed by atoms with van der Waals surface area (Å²) >= 11 is 0. The van der Waals surface area contributed by atoms with E-state index in [1.807, 2.05) is 6.92 Å². The first-order valence-electron chi connectivity index (χ1n) is 5.15. The van der Waals surface area contributed by atoms with Crippen molar-refractivity contribution in [3.63, 3.8) is 0 Å². The van der Waals surface area contributed by atoms with Gasteiger partial charge in [-0.3, -0.25) is 4.57 Å². The third-order valence-electron chi connectivity index (χ3n) is 2.40. The lowest BCUT2D eigenvalue weighted by Gasteiger charge is -2.14. The molecule has 1 amide bonds. The predicted octanol–water partition coefficient (Wildman–Crippen LogP) is 0.849. The first kappa shape index (κ1) is 11.7. The van der Waals surface area contributed by atoms with E-state index in [2.05, 4.69) is 10.3 Å². The van der Waals surface area contributed by atoms with E-state index < -0.39 is 0 Å². The number of nitrogens with zero attached hydrogens (tertiary/aromatic N) is 2. The van der Waals surface area contributed by atoms with E-state index >= 15 is 0 Å². The minimum Gasteiger partial charge on any atom is -0.396 e. The molecule has 0 aliphatic carbocycles. The lowest BCUT2D eigenvalue weighted by Crippen LogP contribution is -2.32. The van der Waals surface area contributed by atoms with Gasteiger partial charge in [-0.1, -0.05) is 13.3 Å². The summed E-state index contributed by atoms with van der Waals surface area (Å²) in [6, 6.07) is -0.177. The van der Waals surface area contributed by atoms with Crippen molar-refractivity contribution >= 4 is 6.03 Å². The van der Waals surface area contributed by atoms with Gasteiger partial charge in [0.2, 0.25) is 0 Å². The zero-order valence-corrected chi connectivity index (χ0v) is 8.89. The van der Waals surface area contributed by atoms with Crippen LogP contribution in [-0.2, 0) is 0 Å². The average molecular weight is 211 g/mol. The Bertz CT molecular complexity index is 285. The molecule has 1 rings (SSSR count). The third-order valence-corrected chi connectivity index (χ3v) is 2.40. The Labute approximate surface area is 89.1 Å². The van der Waals surface area contributed by atoms with Crippen molar-refractivity contribution in [1.29, 1.82) is 0 Å². The molecule has 5 heteroatoms. The average Bonchev–Trinajstić information content (AvgIpc) is 2.77. The molecule has 1 aromatic rings. The Morgan fingerprint density at radius 3 is 3.00 bits per heavy atom. The highest BCUT2D eigenvalue weighted by molar-refractivity contribution is 5.76. The maximum atomic E-state index is 11.5. The number of rotatable bonds is 5. The second kappa shape index (κ2) is 6.19. The normalized spacial score (nSPS) is 12.4. The van der Waals surface area contributed by atoms with Crippen LogP contribution >= 0.6 is 0 Å². The number of hydrogen-bond donors (Lipinski definition) is 2. The van der Waals surface area contributed by atoms with Gasteiger partial charge in [-0.2, -0.15) is 0 Å². The van der Waals surface area contributed by atoms with Crippen LogP contribution in [0.2, 0.25) is 0 Å². The molecule has 0 spiro atoms. The van der Waals surface area contributed by atoms with Crippen LogP contribution < -0.4 is 5.32 Å². The Morgan fingerprint density at radius 1 is 1.67 bits per heavy atom. The third kappa shape index (κ3) is 3.71. The molecule has 84 valence electrons. The van der Waals surface area contributed by atoms with Gasteiger partial charge in [-0.25, -0.2) is 9.78 Å². The minimum absolute atomic E-state index is 0.166. The summed E-state index contributed by atoms with van der Waals surface area (Å²) in [5.41, 5.74) is 0. The molecule has 1 unspecified atom stereocenters. The van der Waals surface area contributed by atoms with Crippen molar-refractivity contribution in [2.75, 3.05) is 13.2 Å². The number of nitrogens with one attached hydrogen (secondary N) is 1. The van der Waals surface area contributed by atoms with E-state index in [0.29, 0.717) is 12.5 Å². The molecule has 1 atom stereocenters. The number of aliphatic hydroxyl groups excluding tert-OH is 1. The maximum absolute atomic E-state index is 11.5. The van der Waals surface area contributed by atoms with Crippen LogP contribution in [0, 0.1) is 5.92 Å². The molecular formula is C10H17N3O2. The fourth-order valence-corrected chi connectivity index (χ4v) is 1.34. The van der Waals surface area contributed by atoms with Crippen molar-refractivity contribution in [2.24, 2.45) is 5.92 Å². The zero-order chi connectivity index (χ0) is 11.1. The highest BCUT2D eigenvalue weighted by atomic mass is 16.3. The molecule has 5 nitrogen and oxygen atoms in total. The fourth-order valence-electron chi connectivity index (χ4n) is 1.34. The van der Waals surface area contributed by atoms with E-state index in [-0.39, 0.29) is 12.6 Å². The molecule has 1 heterocycles. The second-order valence-corrected chi connectivity index (χ2v) is 3.44. The van der Waals surface area contributed by atoms with Gasteiger partial charge >= 0.3 is 6.03 Å². The van der Waals surface area contributed by atoms with Crippen LogP contribution in [0.25, 0.3) is 0 Å². The number of hydrogen-bond acceptors (Lipinski definition) is 3. The number of aliphatic hydroxyl groups is 1. The molecule has 0 saturated heterocycles. The summed E-state index contributed by atoms with van der Waals surface area (Å²) in [7, 11) is 0. The molecule has 0 saturated carbocycles. The minimum atomic E-state index is -0.177. The lowest BCUT2D eigenvalue weighted by molar-refractivity contribution is 0.232. The Kier molecular flexibility index (Phi) is 4.83. The predicted molar refractivity (Wildman–Crippen MR) is 56.5 cm³/mol. The van der Waals surface area contributed by atoms with Crippen molar-refractivity contribution in [3.8, 4) is 0 Å². The fraction of sp³-hybridized carbons (Fsp3) is 0.600. The SMILES string of the molecule is CCC(CCO)CNC(=O)n1ccnc1. The number of imidazole rings is 1. The molecular weight excluding hydrogens is 194 g/mol. The van der Waals surface area contributed by atoms with Crippen molar-refractivity contribution < 1.29 is 9.90 Å². The highest BCUT2D eigenvalue weighted by Gasteiger charge is 2.08. The van der Waals surface area contributed by atoms with Gasteiger partial charge in [0.15, 0.2) is 0 Å². The Morgan fingerprint density at radius 2 is 2.47 bits per heavy atom. The van der Waals surface area contributed by atoms with Gasteiger partial charge in [0.25, 0.3) is 0 Å². The van der Waals surface area contributed by atoms with Crippen LogP contribution in [0.4, 0.5) is 4.79 Å². The Hall–Kier alpha value is -1.36. The van der Waals surface area contributed by atoms with Crippen LogP contribution in [0.1, 0.15) is 19.8 Å². The molecule has 2 N–H and O–H groups in total. The summed E-state index contributed by atoms with van der Waals surface area (Å²) in [5.74, 6) is 0.336. The van der Waals surface area contributed by atoms with Crippen LogP contribution in [0.3, 0.4) is 0 Å². The molecule has 0 fully saturated rings. The molecule has 0 bridgehead atoms. The summed E-state index contributed by atoms with van der Waals surface area (Å²) in [6.45, 7) is 2.80. The summed E-state index contributed by atoms with van der Waals surface area (Å²) in [4.78, 5) is 15.3. The van der Waals surface area contributed by atoms with E-state index in [0.717, 1.165) is 12.8 Å². The van der Waals surface area contributed by atoms with E-state index in [1.165, 1.54) is 10.9 Å². The second-order valence-electron chi connectivity index (χ2n) is 3.44. The van der Waals surface area contributed by atoms with Crippen LogP contribution in [0.15, 0.2) is 18.7 Å². The summed E-state index contributed by atoms with van der Waals surface area (Å²) in [6.07, 6.45) is 6.29. The van der Waals surface area contributed by atoms with Crippen molar-refractivity contribution in [1.82, 2.24) is 14.9 Å². The summed E-state index contributed by atoms with van der Waals surface area (Å²) in [5, 5.41) is 11.6. The topological polar surface area (TPSA) is 67.2 Å². The van der Waals surface area contributed by atoms with Gasteiger partial charge < -0.3 is 10.4 Å². The van der Waals surface area contributed by atoms with Gasteiger partial charge in [-0.05, 0) is 12.3 Å². The van der Waals surface area contributed by atoms with Gasteiger partial charge in [-0.15, -0.1) is 0 Å². The maximum Gasteiger partial charge on any atom is 0.326 e. The lowest BCUT2D eigenvalue weighted by atomic mass is 10.0. The highest BCUT2D eigenvalue weighted by Crippen LogP contribution is 2.05. The van der Waals surface area contributed by atoms with Gasteiger partial charge in [0.05, 0.1) is 0 Å². The van der Waals surface area contributed by atoms with Crippen LogP contribution in [0.5, 0.6) is 0 Å². The molecule has 0 aromatic carbocycles. The number of amides is 1. The molecule has 0 radical (unpaired) electrons. The molecule has 1 aromatic heterocycles. The van der Waals surface area contributed by atoms with E-state index in [4.69, 9.17) is 5.11 Å². The van der Waals surface area contributed by atoms with Gasteiger partial charge in [0, 0.05) is 25.5 Å². The first-order chi connectivity index (χ1) is 7.27. The first-order valence-corrected chi connectivity index (χ1v) is 5.15. The van der Waals surface area contributed by atoms with Crippen molar-refractivity contribution in [3.05, 3.63) is 18.7 Å². The molecule has 15 heavy (non-hydrogen) atoms. The number of aromatic nitrogens is 2.